The number of pyridine rings is 1. The summed E-state index contributed by atoms with van der Waals surface area (Å²) in [7, 11) is 1.56. The number of nitrogens with zero attached hydrogens (tertiary/aromatic N) is 4. The summed E-state index contributed by atoms with van der Waals surface area (Å²) in [5, 5.41) is 25.7. The molecule has 1 fully saturated rings. The molecular formula is C24H26N4O3. The van der Waals surface area contributed by atoms with Gasteiger partial charge in [-0.25, -0.2) is 14.8 Å². The third kappa shape index (κ3) is 3.74. The number of carbonyl (C=O) groups is 1. The van der Waals surface area contributed by atoms with Crippen LogP contribution >= 0.6 is 0 Å². The molecule has 0 amide bonds. The van der Waals surface area contributed by atoms with Gasteiger partial charge in [0.25, 0.3) is 0 Å². The molecule has 2 aromatic rings. The van der Waals surface area contributed by atoms with Crippen LogP contribution in [0.15, 0.2) is 29.4 Å². The number of nitriles is 1. The minimum absolute atomic E-state index is 0.182. The first-order valence-electron chi connectivity index (χ1n) is 10.6. The number of methoxy groups -OCH3 is 1. The second kappa shape index (κ2) is 8.38. The van der Waals surface area contributed by atoms with Crippen LogP contribution in [-0.4, -0.2) is 34.9 Å². The molecule has 0 spiro atoms. The summed E-state index contributed by atoms with van der Waals surface area (Å²) in [6.45, 7) is 3.60. The van der Waals surface area contributed by atoms with Crippen LogP contribution in [0.4, 0.5) is 5.82 Å². The molecule has 0 bridgehead atoms. The van der Waals surface area contributed by atoms with E-state index >= 15 is 0 Å². The van der Waals surface area contributed by atoms with E-state index in [9.17, 15) is 15.2 Å². The van der Waals surface area contributed by atoms with Gasteiger partial charge in [-0.1, -0.05) is 12.8 Å². The summed E-state index contributed by atoms with van der Waals surface area (Å²) in [6.07, 6.45) is 5.51. The maximum Gasteiger partial charge on any atom is 0.336 e. The Bertz CT molecular complexity index is 1100. The van der Waals surface area contributed by atoms with E-state index in [4.69, 9.17) is 9.84 Å². The summed E-state index contributed by atoms with van der Waals surface area (Å²) in [5.41, 5.74) is 3.77. The van der Waals surface area contributed by atoms with E-state index < -0.39 is 5.97 Å². The normalized spacial score (nSPS) is 18.7. The molecule has 2 aliphatic rings. The molecule has 7 nitrogen and oxygen atoms in total. The van der Waals surface area contributed by atoms with Gasteiger partial charge >= 0.3 is 5.97 Å². The maximum atomic E-state index is 11.5. The monoisotopic (exact) mass is 418 g/mol. The van der Waals surface area contributed by atoms with Gasteiger partial charge < -0.3 is 9.84 Å². The Labute approximate surface area is 182 Å². The van der Waals surface area contributed by atoms with E-state index in [-0.39, 0.29) is 11.6 Å². The lowest BCUT2D eigenvalue weighted by molar-refractivity contribution is 0.0695. The van der Waals surface area contributed by atoms with Crippen molar-refractivity contribution < 1.29 is 14.6 Å². The van der Waals surface area contributed by atoms with Gasteiger partial charge in [-0.05, 0) is 56.9 Å². The van der Waals surface area contributed by atoms with E-state index in [0.29, 0.717) is 28.5 Å². The van der Waals surface area contributed by atoms with Crippen LogP contribution in [0.25, 0.3) is 0 Å². The zero-order valence-electron chi connectivity index (χ0n) is 18.1. The molecule has 2 heterocycles. The number of aromatic carboxylic acids is 1. The molecule has 0 unspecified atom stereocenters. The van der Waals surface area contributed by atoms with Crippen molar-refractivity contribution in [2.24, 2.45) is 11.0 Å². The highest BCUT2D eigenvalue weighted by Crippen LogP contribution is 2.39. The van der Waals surface area contributed by atoms with Gasteiger partial charge in [-0.2, -0.15) is 10.4 Å². The Balaban J connectivity index is 1.78. The molecule has 1 aliphatic carbocycles. The molecule has 1 saturated carbocycles. The third-order valence-corrected chi connectivity index (χ3v) is 6.47. The Morgan fingerprint density at radius 2 is 1.97 bits per heavy atom. The minimum Gasteiger partial charge on any atom is -0.496 e. The van der Waals surface area contributed by atoms with Gasteiger partial charge in [0.1, 0.15) is 17.6 Å². The third-order valence-electron chi connectivity index (χ3n) is 6.47. The first kappa shape index (κ1) is 20.9. The molecule has 1 aromatic heterocycles. The van der Waals surface area contributed by atoms with Crippen molar-refractivity contribution in [1.29, 1.82) is 5.26 Å². The average molecular weight is 418 g/mol. The fourth-order valence-corrected chi connectivity index (χ4v) is 4.83. The predicted octanol–water partition coefficient (Wildman–Crippen LogP) is 4.45. The molecule has 4 rings (SSSR count). The fourth-order valence-electron chi connectivity index (χ4n) is 4.83. The smallest absolute Gasteiger partial charge is 0.336 e. The highest BCUT2D eigenvalue weighted by Gasteiger charge is 2.37. The number of benzene rings is 1. The molecule has 0 saturated heterocycles. The van der Waals surface area contributed by atoms with Crippen molar-refractivity contribution in [3.63, 3.8) is 0 Å². The lowest BCUT2D eigenvalue weighted by atomic mass is 9.91. The highest BCUT2D eigenvalue weighted by atomic mass is 16.5. The second-order valence-corrected chi connectivity index (χ2v) is 8.25. The summed E-state index contributed by atoms with van der Waals surface area (Å²) in [6, 6.07) is 9.42. The molecule has 160 valence electrons. The number of aryl methyl sites for hydroxylation is 1. The SMILES string of the molecule is COc1c(C2=NN(c3ccc(C#N)c(C)n3)[C@@H](C3CCCC3)C2)ccc(C(=O)O)c1C. The first-order chi connectivity index (χ1) is 14.9. The molecule has 31 heavy (non-hydrogen) atoms. The summed E-state index contributed by atoms with van der Waals surface area (Å²) >= 11 is 0. The molecule has 1 aromatic carbocycles. The number of carboxylic acids is 1. The standard InChI is InChI=1S/C24H26N4O3/c1-14-18(24(29)30)9-10-19(23(14)31-3)20-12-21(16-6-4-5-7-16)28(27-20)22-11-8-17(13-25)15(2)26-22/h8-11,16,21H,4-7,12H2,1-3H3,(H,29,30)/t21-/m1/s1. The topological polar surface area (TPSA) is 98.8 Å². The fraction of sp³-hybridized carbons (Fsp3) is 0.417. The van der Waals surface area contributed by atoms with Gasteiger partial charge in [0.05, 0.1) is 35.7 Å². The Morgan fingerprint density at radius 3 is 2.58 bits per heavy atom. The van der Waals surface area contributed by atoms with Crippen molar-refractivity contribution in [3.05, 3.63) is 52.2 Å². The van der Waals surface area contributed by atoms with Crippen LogP contribution in [0.5, 0.6) is 5.75 Å². The number of aromatic nitrogens is 1. The van der Waals surface area contributed by atoms with Gasteiger partial charge in [-0.15, -0.1) is 0 Å². The van der Waals surface area contributed by atoms with Crippen molar-refractivity contribution in [1.82, 2.24) is 4.98 Å². The lowest BCUT2D eigenvalue weighted by Crippen LogP contribution is -2.33. The van der Waals surface area contributed by atoms with Crippen LogP contribution in [0.2, 0.25) is 0 Å². The largest absolute Gasteiger partial charge is 0.496 e. The number of hydrazone groups is 1. The van der Waals surface area contributed by atoms with Crippen molar-refractivity contribution in [3.8, 4) is 11.8 Å². The number of hydrogen-bond acceptors (Lipinski definition) is 6. The predicted molar refractivity (Wildman–Crippen MR) is 118 cm³/mol. The number of carboxylic acid groups (broad SMARTS) is 1. The van der Waals surface area contributed by atoms with E-state index in [1.807, 2.05) is 18.0 Å². The Kier molecular flexibility index (Phi) is 5.64. The van der Waals surface area contributed by atoms with E-state index in [0.717, 1.165) is 36.4 Å². The van der Waals surface area contributed by atoms with E-state index in [1.54, 1.807) is 32.2 Å². The number of anilines is 1. The van der Waals surface area contributed by atoms with Crippen LogP contribution in [0.3, 0.4) is 0 Å². The molecule has 1 N–H and O–H groups in total. The average Bonchev–Trinajstić information content (AvgIpc) is 3.43. The van der Waals surface area contributed by atoms with Gasteiger partial charge in [0, 0.05) is 17.5 Å². The van der Waals surface area contributed by atoms with E-state index in [1.165, 1.54) is 12.8 Å². The van der Waals surface area contributed by atoms with E-state index in [2.05, 4.69) is 11.1 Å². The number of hydrogen-bond donors (Lipinski definition) is 1. The van der Waals surface area contributed by atoms with Crippen molar-refractivity contribution >= 4 is 17.5 Å². The van der Waals surface area contributed by atoms with Crippen LogP contribution in [-0.2, 0) is 0 Å². The maximum absolute atomic E-state index is 11.5. The minimum atomic E-state index is -0.974. The highest BCUT2D eigenvalue weighted by molar-refractivity contribution is 6.06. The Morgan fingerprint density at radius 1 is 1.23 bits per heavy atom. The van der Waals surface area contributed by atoms with Gasteiger partial charge in [0.15, 0.2) is 0 Å². The molecule has 7 heteroatoms. The van der Waals surface area contributed by atoms with Crippen LogP contribution in [0, 0.1) is 31.1 Å². The first-order valence-corrected chi connectivity index (χ1v) is 10.6. The van der Waals surface area contributed by atoms with Crippen LogP contribution in [0.1, 0.15) is 64.8 Å². The number of rotatable bonds is 5. The Hall–Kier alpha value is -3.40. The van der Waals surface area contributed by atoms with Crippen molar-refractivity contribution in [2.45, 2.75) is 52.0 Å². The number of ether oxygens (including phenoxy) is 1. The van der Waals surface area contributed by atoms with Gasteiger partial charge in [0.2, 0.25) is 0 Å². The molecule has 1 aliphatic heterocycles. The molecule has 0 radical (unpaired) electrons. The van der Waals surface area contributed by atoms with Crippen LogP contribution < -0.4 is 9.75 Å². The molecular weight excluding hydrogens is 392 g/mol. The van der Waals surface area contributed by atoms with Crippen molar-refractivity contribution in [2.75, 3.05) is 12.1 Å². The summed E-state index contributed by atoms with van der Waals surface area (Å²) < 4.78 is 5.62. The zero-order valence-corrected chi connectivity index (χ0v) is 18.1. The zero-order chi connectivity index (χ0) is 22.1. The quantitative estimate of drug-likeness (QED) is 0.770. The second-order valence-electron chi connectivity index (χ2n) is 8.25. The molecule has 1 atom stereocenters. The summed E-state index contributed by atoms with van der Waals surface area (Å²) in [5.74, 6) is 0.832. The van der Waals surface area contributed by atoms with Gasteiger partial charge in [-0.3, -0.25) is 0 Å². The summed E-state index contributed by atoms with van der Waals surface area (Å²) in [4.78, 5) is 16.2. The lowest BCUT2D eigenvalue weighted by Gasteiger charge is -2.27.